The Bertz CT molecular complexity index is 1780. The Balaban J connectivity index is 1.32. The number of aromatic nitrogens is 1. The topological polar surface area (TPSA) is 118 Å². The highest BCUT2D eigenvalue weighted by molar-refractivity contribution is 8.00. The third kappa shape index (κ3) is 5.46. The molecule has 6 rings (SSSR count). The molecule has 0 bridgehead atoms. The number of aryl methyl sites for hydroxylation is 2. The maximum absolute atomic E-state index is 14.0. The summed E-state index contributed by atoms with van der Waals surface area (Å²) in [4.78, 5) is 57.3. The van der Waals surface area contributed by atoms with Crippen molar-refractivity contribution in [1.29, 1.82) is 0 Å². The number of thiazole rings is 1. The quantitative estimate of drug-likeness (QED) is 0.260. The number of imide groups is 1. The van der Waals surface area contributed by atoms with Crippen LogP contribution in [0.25, 0.3) is 0 Å². The molecule has 1 saturated heterocycles. The van der Waals surface area contributed by atoms with Gasteiger partial charge >= 0.3 is 4.87 Å². The number of aromatic amines is 1. The minimum atomic E-state index is -0.723. The zero-order valence-corrected chi connectivity index (χ0v) is 25.3. The molecule has 1 fully saturated rings. The number of ether oxygens (including phenoxy) is 2. The summed E-state index contributed by atoms with van der Waals surface area (Å²) < 4.78 is 11.8. The summed E-state index contributed by atoms with van der Waals surface area (Å²) in [7, 11) is 0. The second kappa shape index (κ2) is 11.7. The average Bonchev–Trinajstić information content (AvgIpc) is 3.48. The first kappa shape index (κ1) is 28.8. The molecule has 43 heavy (non-hydrogen) atoms. The Hall–Kier alpha value is -4.35. The van der Waals surface area contributed by atoms with Crippen LogP contribution < -0.4 is 24.6 Å². The van der Waals surface area contributed by atoms with Crippen LogP contribution in [0.15, 0.2) is 76.6 Å². The molecule has 2 aliphatic rings. The fourth-order valence-corrected chi connectivity index (χ4v) is 7.99. The predicted molar refractivity (Wildman–Crippen MR) is 167 cm³/mol. The molecule has 2 aliphatic heterocycles. The summed E-state index contributed by atoms with van der Waals surface area (Å²) in [5.41, 5.74) is 3.89. The van der Waals surface area contributed by atoms with Crippen LogP contribution in [0, 0.1) is 19.8 Å². The molecule has 0 saturated carbocycles. The summed E-state index contributed by atoms with van der Waals surface area (Å²) in [6, 6.07) is 20.0. The average molecular weight is 616 g/mol. The van der Waals surface area contributed by atoms with E-state index in [0.29, 0.717) is 44.9 Å². The summed E-state index contributed by atoms with van der Waals surface area (Å²) in [5.74, 6) is -1.46. The van der Waals surface area contributed by atoms with E-state index in [4.69, 9.17) is 9.47 Å². The molecule has 9 nitrogen and oxygen atoms in total. The van der Waals surface area contributed by atoms with Crippen molar-refractivity contribution in [2.24, 2.45) is 5.92 Å². The van der Waals surface area contributed by atoms with E-state index in [9.17, 15) is 19.2 Å². The number of carbonyl (C=O) groups is 3. The van der Waals surface area contributed by atoms with Gasteiger partial charge in [-0.05, 0) is 62.2 Å². The van der Waals surface area contributed by atoms with Gasteiger partial charge in [-0.3, -0.25) is 19.2 Å². The SMILES string of the molecule is CCOc1cc([C@@H]2c3sc(=O)[nH]c3S[C@H]3C(=O)N(c4ccc(C)cc4)C(=O)[C@@H]23)ccc1OCC(=O)Nc1ccccc1C. The molecule has 4 aromatic rings. The van der Waals surface area contributed by atoms with Crippen molar-refractivity contribution >= 4 is 52.2 Å². The molecular weight excluding hydrogens is 587 g/mol. The van der Waals surface area contributed by atoms with Gasteiger partial charge < -0.3 is 19.8 Å². The lowest BCUT2D eigenvalue weighted by molar-refractivity contribution is -0.122. The number of amides is 3. The standard InChI is InChI=1S/C32H29N3O6S2/c1-4-40-23-15-19(11-14-22(23)41-16-24(36)33-21-8-6-5-7-18(21)3)25-26-28(42-29-27(25)43-32(39)34-29)31(38)35(30(26)37)20-12-9-17(2)10-13-20/h5-15,25-26,28H,4,16H2,1-3H3,(H,33,36)(H,34,39)/t25-,26-,28+/m0/s1. The molecule has 220 valence electrons. The van der Waals surface area contributed by atoms with Crippen molar-refractivity contribution in [2.45, 2.75) is 37.0 Å². The summed E-state index contributed by atoms with van der Waals surface area (Å²) >= 11 is 2.28. The molecule has 0 spiro atoms. The van der Waals surface area contributed by atoms with Crippen molar-refractivity contribution in [3.63, 3.8) is 0 Å². The largest absolute Gasteiger partial charge is 0.490 e. The number of para-hydroxylation sites is 1. The Morgan fingerprint density at radius 2 is 1.72 bits per heavy atom. The molecule has 0 aliphatic carbocycles. The summed E-state index contributed by atoms with van der Waals surface area (Å²) in [6.45, 7) is 5.79. The zero-order valence-electron chi connectivity index (χ0n) is 23.7. The van der Waals surface area contributed by atoms with Gasteiger partial charge in [0.25, 0.3) is 5.91 Å². The van der Waals surface area contributed by atoms with Crippen LogP contribution in [0.3, 0.4) is 0 Å². The molecule has 1 aromatic heterocycles. The van der Waals surface area contributed by atoms with Gasteiger partial charge in [-0.2, -0.15) is 0 Å². The van der Waals surface area contributed by atoms with Crippen LogP contribution in [0.4, 0.5) is 11.4 Å². The van der Waals surface area contributed by atoms with E-state index in [1.54, 1.807) is 30.3 Å². The Morgan fingerprint density at radius 3 is 2.47 bits per heavy atom. The zero-order chi connectivity index (χ0) is 30.2. The Morgan fingerprint density at radius 1 is 0.953 bits per heavy atom. The monoisotopic (exact) mass is 615 g/mol. The molecular formula is C32H29N3O6S2. The fourth-order valence-electron chi connectivity index (χ4n) is 5.47. The van der Waals surface area contributed by atoms with Gasteiger partial charge in [0.1, 0.15) is 5.25 Å². The summed E-state index contributed by atoms with van der Waals surface area (Å²) in [5, 5.41) is 2.75. The van der Waals surface area contributed by atoms with Gasteiger partial charge in [-0.15, -0.1) is 0 Å². The molecule has 3 aromatic carbocycles. The van der Waals surface area contributed by atoms with E-state index in [1.165, 1.54) is 16.7 Å². The summed E-state index contributed by atoms with van der Waals surface area (Å²) in [6.07, 6.45) is 0. The highest BCUT2D eigenvalue weighted by Crippen LogP contribution is 2.53. The molecule has 0 unspecified atom stereocenters. The number of rotatable bonds is 8. The third-order valence-corrected chi connectivity index (χ3v) is 9.92. The second-order valence-electron chi connectivity index (χ2n) is 10.4. The van der Waals surface area contributed by atoms with Gasteiger partial charge in [0.05, 0.1) is 23.2 Å². The number of thioether (sulfide) groups is 1. The van der Waals surface area contributed by atoms with Gasteiger partial charge in [-0.25, -0.2) is 4.90 Å². The smallest absolute Gasteiger partial charge is 0.305 e. The fraction of sp³-hybridized carbons (Fsp3) is 0.250. The van der Waals surface area contributed by atoms with Crippen LogP contribution >= 0.6 is 23.1 Å². The van der Waals surface area contributed by atoms with Crippen molar-refractivity contribution in [3.05, 3.63) is 98.0 Å². The second-order valence-corrected chi connectivity index (χ2v) is 12.6. The van der Waals surface area contributed by atoms with E-state index in [2.05, 4.69) is 10.3 Å². The molecule has 2 N–H and O–H groups in total. The van der Waals surface area contributed by atoms with E-state index in [0.717, 1.165) is 22.5 Å². The maximum atomic E-state index is 14.0. The molecule has 11 heteroatoms. The number of H-pyrrole nitrogens is 1. The van der Waals surface area contributed by atoms with Gasteiger partial charge in [0.15, 0.2) is 18.1 Å². The minimum absolute atomic E-state index is 0.236. The number of benzene rings is 3. The van der Waals surface area contributed by atoms with E-state index >= 15 is 0 Å². The molecule has 3 heterocycles. The first-order valence-electron chi connectivity index (χ1n) is 13.8. The first-order valence-corrected chi connectivity index (χ1v) is 15.5. The van der Waals surface area contributed by atoms with E-state index < -0.39 is 17.1 Å². The van der Waals surface area contributed by atoms with E-state index in [-0.39, 0.29) is 29.2 Å². The van der Waals surface area contributed by atoms with Crippen molar-refractivity contribution in [3.8, 4) is 11.5 Å². The van der Waals surface area contributed by atoms with Gasteiger partial charge in [0, 0.05) is 16.5 Å². The van der Waals surface area contributed by atoms with Crippen LogP contribution in [0.2, 0.25) is 0 Å². The number of hydrogen-bond donors (Lipinski definition) is 2. The molecule has 3 atom stereocenters. The van der Waals surface area contributed by atoms with Gasteiger partial charge in [-0.1, -0.05) is 65.1 Å². The normalized spacial score (nSPS) is 19.1. The number of nitrogens with one attached hydrogen (secondary N) is 2. The van der Waals surface area contributed by atoms with Gasteiger partial charge in [0.2, 0.25) is 11.8 Å². The number of fused-ring (bicyclic) bond motifs is 2. The molecule has 0 radical (unpaired) electrons. The predicted octanol–water partition coefficient (Wildman–Crippen LogP) is 5.27. The number of hydrogen-bond acceptors (Lipinski definition) is 8. The highest BCUT2D eigenvalue weighted by Gasteiger charge is 2.56. The third-order valence-electron chi connectivity index (χ3n) is 7.52. The first-order chi connectivity index (χ1) is 20.7. The number of nitrogens with zero attached hydrogens (tertiary/aromatic N) is 1. The lowest BCUT2D eigenvalue weighted by atomic mass is 9.83. The maximum Gasteiger partial charge on any atom is 0.305 e. The lowest BCUT2D eigenvalue weighted by Crippen LogP contribution is -2.32. The van der Waals surface area contributed by atoms with Crippen LogP contribution in [0.5, 0.6) is 11.5 Å². The van der Waals surface area contributed by atoms with E-state index in [1.807, 2.05) is 57.2 Å². The van der Waals surface area contributed by atoms with Crippen molar-refractivity contribution < 1.29 is 23.9 Å². The van der Waals surface area contributed by atoms with Crippen LogP contribution in [-0.2, 0) is 14.4 Å². The van der Waals surface area contributed by atoms with Crippen molar-refractivity contribution in [1.82, 2.24) is 4.98 Å². The Labute approximate surface area is 256 Å². The lowest BCUT2D eigenvalue weighted by Gasteiger charge is -2.30. The number of anilines is 2. The molecule has 3 amide bonds. The van der Waals surface area contributed by atoms with Crippen LogP contribution in [0.1, 0.15) is 34.4 Å². The Kier molecular flexibility index (Phi) is 7.85. The highest BCUT2D eigenvalue weighted by atomic mass is 32.2. The minimum Gasteiger partial charge on any atom is -0.490 e. The van der Waals surface area contributed by atoms with Crippen LogP contribution in [-0.4, -0.2) is 41.2 Å². The van der Waals surface area contributed by atoms with Crippen molar-refractivity contribution in [2.75, 3.05) is 23.4 Å². The number of carbonyl (C=O) groups excluding carboxylic acids is 3.